The highest BCUT2D eigenvalue weighted by atomic mass is 35.5. The van der Waals surface area contributed by atoms with Gasteiger partial charge in [0.1, 0.15) is 0 Å². The van der Waals surface area contributed by atoms with Crippen molar-refractivity contribution in [2.75, 3.05) is 5.32 Å². The zero-order chi connectivity index (χ0) is 15.0. The number of rotatable bonds is 9. The number of nitrogens with two attached hydrogens (primary N) is 1. The highest BCUT2D eigenvalue weighted by Gasteiger charge is 2.08. The van der Waals surface area contributed by atoms with E-state index in [0.29, 0.717) is 16.6 Å². The van der Waals surface area contributed by atoms with Gasteiger partial charge in [0.05, 0.1) is 10.7 Å². The van der Waals surface area contributed by atoms with Crippen LogP contribution >= 0.6 is 11.6 Å². The van der Waals surface area contributed by atoms with E-state index in [1.54, 1.807) is 18.2 Å². The van der Waals surface area contributed by atoms with Crippen LogP contribution in [0.25, 0.3) is 0 Å². The summed E-state index contributed by atoms with van der Waals surface area (Å²) in [6, 6.07) is 5.40. The molecule has 1 amide bonds. The SMILES string of the molecule is CCCCCCCC(C)Nc1cc(C(N)=O)ccc1Cl. The van der Waals surface area contributed by atoms with E-state index in [9.17, 15) is 4.79 Å². The number of amides is 1. The van der Waals surface area contributed by atoms with Gasteiger partial charge in [0.25, 0.3) is 0 Å². The minimum atomic E-state index is -0.433. The monoisotopic (exact) mass is 296 g/mol. The predicted octanol–water partition coefficient (Wildman–Crippen LogP) is 4.60. The van der Waals surface area contributed by atoms with Crippen LogP contribution in [0.5, 0.6) is 0 Å². The molecule has 0 aliphatic carbocycles. The fourth-order valence-corrected chi connectivity index (χ4v) is 2.35. The summed E-state index contributed by atoms with van der Waals surface area (Å²) in [6.07, 6.45) is 7.47. The Balaban J connectivity index is 2.46. The molecule has 3 N–H and O–H groups in total. The predicted molar refractivity (Wildman–Crippen MR) is 86.4 cm³/mol. The van der Waals surface area contributed by atoms with Gasteiger partial charge in [-0.3, -0.25) is 4.79 Å². The number of primary amides is 1. The van der Waals surface area contributed by atoms with Crippen LogP contribution in [0, 0.1) is 0 Å². The number of benzene rings is 1. The zero-order valence-electron chi connectivity index (χ0n) is 12.4. The molecule has 1 aromatic carbocycles. The Hall–Kier alpha value is -1.22. The third kappa shape index (κ3) is 5.83. The Kier molecular flexibility index (Phi) is 7.45. The molecule has 0 saturated heterocycles. The summed E-state index contributed by atoms with van der Waals surface area (Å²) in [5.74, 6) is -0.433. The summed E-state index contributed by atoms with van der Waals surface area (Å²) in [6.45, 7) is 4.35. The van der Waals surface area contributed by atoms with E-state index in [1.807, 2.05) is 0 Å². The maximum atomic E-state index is 11.2. The van der Waals surface area contributed by atoms with Crippen LogP contribution in [-0.2, 0) is 0 Å². The van der Waals surface area contributed by atoms with Gasteiger partial charge < -0.3 is 11.1 Å². The largest absolute Gasteiger partial charge is 0.381 e. The van der Waals surface area contributed by atoms with Gasteiger partial charge in [-0.15, -0.1) is 0 Å². The Bertz CT molecular complexity index is 434. The van der Waals surface area contributed by atoms with Crippen LogP contribution in [-0.4, -0.2) is 11.9 Å². The number of carbonyl (C=O) groups is 1. The third-order valence-electron chi connectivity index (χ3n) is 3.39. The summed E-state index contributed by atoms with van der Waals surface area (Å²) >= 11 is 6.13. The number of hydrogen-bond donors (Lipinski definition) is 2. The molecule has 1 atom stereocenters. The zero-order valence-corrected chi connectivity index (χ0v) is 13.2. The summed E-state index contributed by atoms with van der Waals surface area (Å²) in [7, 11) is 0. The number of unbranched alkanes of at least 4 members (excludes halogenated alkanes) is 4. The molecule has 0 radical (unpaired) electrons. The fourth-order valence-electron chi connectivity index (χ4n) is 2.18. The lowest BCUT2D eigenvalue weighted by Crippen LogP contribution is -2.16. The Morgan fingerprint density at radius 2 is 2.00 bits per heavy atom. The fraction of sp³-hybridized carbons (Fsp3) is 0.562. The molecule has 0 fully saturated rings. The first-order chi connectivity index (χ1) is 9.54. The molecule has 0 aliphatic heterocycles. The molecule has 0 saturated carbocycles. The first-order valence-electron chi connectivity index (χ1n) is 7.40. The van der Waals surface area contributed by atoms with Gasteiger partial charge in [0, 0.05) is 11.6 Å². The van der Waals surface area contributed by atoms with E-state index in [4.69, 9.17) is 17.3 Å². The van der Waals surface area contributed by atoms with E-state index >= 15 is 0 Å². The average Bonchev–Trinajstić information content (AvgIpc) is 2.40. The van der Waals surface area contributed by atoms with Crippen LogP contribution in [0.15, 0.2) is 18.2 Å². The van der Waals surface area contributed by atoms with Crippen molar-refractivity contribution >= 4 is 23.2 Å². The molecule has 20 heavy (non-hydrogen) atoms. The lowest BCUT2D eigenvalue weighted by molar-refractivity contribution is 0.100. The molecule has 0 aromatic heterocycles. The average molecular weight is 297 g/mol. The highest BCUT2D eigenvalue weighted by molar-refractivity contribution is 6.33. The molecule has 0 heterocycles. The van der Waals surface area contributed by atoms with Crippen LogP contribution < -0.4 is 11.1 Å². The van der Waals surface area contributed by atoms with Gasteiger partial charge in [-0.1, -0.05) is 50.6 Å². The molecule has 0 spiro atoms. The third-order valence-corrected chi connectivity index (χ3v) is 3.72. The van der Waals surface area contributed by atoms with Crippen molar-refractivity contribution < 1.29 is 4.79 Å². The Morgan fingerprint density at radius 1 is 1.30 bits per heavy atom. The topological polar surface area (TPSA) is 55.1 Å². The van der Waals surface area contributed by atoms with Crippen molar-refractivity contribution in [3.63, 3.8) is 0 Å². The van der Waals surface area contributed by atoms with Crippen molar-refractivity contribution in [1.82, 2.24) is 0 Å². The molecule has 0 bridgehead atoms. The first-order valence-corrected chi connectivity index (χ1v) is 7.78. The Morgan fingerprint density at radius 3 is 2.65 bits per heavy atom. The van der Waals surface area contributed by atoms with Crippen LogP contribution in [0.4, 0.5) is 5.69 Å². The molecular weight excluding hydrogens is 272 g/mol. The van der Waals surface area contributed by atoms with Crippen molar-refractivity contribution in [3.8, 4) is 0 Å². The van der Waals surface area contributed by atoms with Crippen LogP contribution in [0.3, 0.4) is 0 Å². The summed E-state index contributed by atoms with van der Waals surface area (Å²) in [4.78, 5) is 11.2. The second kappa shape index (κ2) is 8.85. The normalized spacial score (nSPS) is 12.2. The van der Waals surface area contributed by atoms with Crippen molar-refractivity contribution in [1.29, 1.82) is 0 Å². The molecule has 1 aromatic rings. The Labute approximate surface area is 126 Å². The van der Waals surface area contributed by atoms with Crippen molar-refractivity contribution in [2.45, 2.75) is 58.4 Å². The smallest absolute Gasteiger partial charge is 0.248 e. The summed E-state index contributed by atoms with van der Waals surface area (Å²) < 4.78 is 0. The molecule has 1 rings (SSSR count). The minimum absolute atomic E-state index is 0.331. The number of anilines is 1. The van der Waals surface area contributed by atoms with Crippen molar-refractivity contribution in [3.05, 3.63) is 28.8 Å². The second-order valence-corrected chi connectivity index (χ2v) is 5.71. The van der Waals surface area contributed by atoms with E-state index in [2.05, 4.69) is 19.2 Å². The number of carbonyl (C=O) groups excluding carboxylic acids is 1. The molecule has 3 nitrogen and oxygen atoms in total. The van der Waals surface area contributed by atoms with Gasteiger partial charge in [0.15, 0.2) is 0 Å². The molecule has 0 aliphatic rings. The maximum Gasteiger partial charge on any atom is 0.248 e. The molecule has 1 unspecified atom stereocenters. The lowest BCUT2D eigenvalue weighted by atomic mass is 10.1. The number of halogens is 1. The quantitative estimate of drug-likeness (QED) is 0.654. The summed E-state index contributed by atoms with van der Waals surface area (Å²) in [5, 5.41) is 3.97. The van der Waals surface area contributed by atoms with Crippen LogP contribution in [0.2, 0.25) is 5.02 Å². The molecule has 112 valence electrons. The van der Waals surface area contributed by atoms with Gasteiger partial charge in [0.2, 0.25) is 5.91 Å². The molecule has 4 heteroatoms. The van der Waals surface area contributed by atoms with Gasteiger partial charge in [-0.2, -0.15) is 0 Å². The van der Waals surface area contributed by atoms with Gasteiger partial charge in [-0.25, -0.2) is 0 Å². The van der Waals surface area contributed by atoms with Gasteiger partial charge >= 0.3 is 0 Å². The lowest BCUT2D eigenvalue weighted by Gasteiger charge is -2.16. The van der Waals surface area contributed by atoms with E-state index in [-0.39, 0.29) is 0 Å². The second-order valence-electron chi connectivity index (χ2n) is 5.31. The maximum absolute atomic E-state index is 11.2. The standard InChI is InChI=1S/C16H25ClN2O/c1-3-4-5-6-7-8-12(2)19-15-11-13(16(18)20)9-10-14(15)17/h9-12,19H,3-8H2,1-2H3,(H2,18,20). The van der Waals surface area contributed by atoms with E-state index < -0.39 is 5.91 Å². The van der Waals surface area contributed by atoms with Crippen LogP contribution in [0.1, 0.15) is 62.7 Å². The van der Waals surface area contributed by atoms with E-state index in [0.717, 1.165) is 12.1 Å². The first kappa shape index (κ1) is 16.8. The van der Waals surface area contributed by atoms with E-state index in [1.165, 1.54) is 32.1 Å². The number of hydrogen-bond acceptors (Lipinski definition) is 2. The van der Waals surface area contributed by atoms with Gasteiger partial charge in [-0.05, 0) is 31.5 Å². The molecular formula is C16H25ClN2O. The minimum Gasteiger partial charge on any atom is -0.381 e. The summed E-state index contributed by atoms with van der Waals surface area (Å²) in [5.41, 5.74) is 6.54. The highest BCUT2D eigenvalue weighted by Crippen LogP contribution is 2.24. The number of nitrogens with one attached hydrogen (secondary N) is 1. The van der Waals surface area contributed by atoms with Crippen molar-refractivity contribution in [2.24, 2.45) is 5.73 Å².